The van der Waals surface area contributed by atoms with Gasteiger partial charge in [0.1, 0.15) is 11.5 Å². The van der Waals surface area contributed by atoms with Crippen LogP contribution < -0.4 is 14.4 Å². The molecule has 3 aromatic carbocycles. The lowest BCUT2D eigenvalue weighted by atomic mass is 9.86. The topological polar surface area (TPSA) is 57.8 Å². The number of aryl methyl sites for hydroxylation is 1. The molecular weight excluding hydrogens is 531 g/mol. The first-order valence-corrected chi connectivity index (χ1v) is 13.7. The number of H-pyrrole nitrogens is 1. The first-order chi connectivity index (χ1) is 19.7. The van der Waals surface area contributed by atoms with Gasteiger partial charge in [-0.25, -0.2) is 0 Å². The van der Waals surface area contributed by atoms with Gasteiger partial charge in [0.05, 0.1) is 19.8 Å². The molecule has 1 aromatic heterocycles. The maximum atomic E-state index is 13.8. The Bertz CT molecular complexity index is 1520. The van der Waals surface area contributed by atoms with Gasteiger partial charge in [-0.15, -0.1) is 0 Å². The lowest BCUT2D eigenvalue weighted by molar-refractivity contribution is -0.137. The molecule has 6 nitrogen and oxygen atoms in total. The monoisotopic (exact) mass is 565 g/mol. The molecule has 0 spiro atoms. The van der Waals surface area contributed by atoms with Crippen LogP contribution in [0.2, 0.25) is 0 Å². The van der Waals surface area contributed by atoms with Crippen molar-refractivity contribution in [2.24, 2.45) is 0 Å². The first-order valence-electron chi connectivity index (χ1n) is 13.7. The summed E-state index contributed by atoms with van der Waals surface area (Å²) >= 11 is 0. The largest absolute Gasteiger partial charge is 0.497 e. The SMILES string of the molecule is CCc1cccc2c(C(CC(=O)N3CCN(c4cccc(C(F)(F)F)c4)CC3)c3ccc(OC)cc3OC)c[nH]c12. The molecule has 1 unspecified atom stereocenters. The Labute approximate surface area is 237 Å². The number of aromatic nitrogens is 1. The van der Waals surface area contributed by atoms with Crippen LogP contribution in [0.4, 0.5) is 18.9 Å². The molecule has 0 bridgehead atoms. The maximum Gasteiger partial charge on any atom is 0.416 e. The van der Waals surface area contributed by atoms with Crippen LogP contribution in [0.1, 0.15) is 41.5 Å². The second-order valence-electron chi connectivity index (χ2n) is 10.2. The van der Waals surface area contributed by atoms with Gasteiger partial charge in [-0.2, -0.15) is 13.2 Å². The molecule has 1 N–H and O–H groups in total. The van der Waals surface area contributed by atoms with Crippen molar-refractivity contribution in [2.75, 3.05) is 45.3 Å². The number of methoxy groups -OCH3 is 2. The van der Waals surface area contributed by atoms with Crippen LogP contribution in [0.15, 0.2) is 66.9 Å². The number of amides is 1. The van der Waals surface area contributed by atoms with Crippen molar-refractivity contribution < 1.29 is 27.4 Å². The van der Waals surface area contributed by atoms with Crippen LogP contribution in [0.5, 0.6) is 11.5 Å². The van der Waals surface area contributed by atoms with Crippen molar-refractivity contribution in [1.29, 1.82) is 0 Å². The highest BCUT2D eigenvalue weighted by Gasteiger charge is 2.32. The molecule has 1 fully saturated rings. The van der Waals surface area contributed by atoms with Gasteiger partial charge in [-0.05, 0) is 41.8 Å². The van der Waals surface area contributed by atoms with E-state index in [9.17, 15) is 18.0 Å². The van der Waals surface area contributed by atoms with E-state index < -0.39 is 11.7 Å². The van der Waals surface area contributed by atoms with E-state index in [-0.39, 0.29) is 18.2 Å². The summed E-state index contributed by atoms with van der Waals surface area (Å²) in [5, 5.41) is 1.06. The molecule has 2 heterocycles. The van der Waals surface area contributed by atoms with Crippen LogP contribution in [-0.2, 0) is 17.4 Å². The molecular formula is C32H34F3N3O3. The second-order valence-corrected chi connectivity index (χ2v) is 10.2. The van der Waals surface area contributed by atoms with E-state index in [1.807, 2.05) is 35.4 Å². The van der Waals surface area contributed by atoms with E-state index in [0.717, 1.165) is 34.5 Å². The van der Waals surface area contributed by atoms with E-state index in [2.05, 4.69) is 24.0 Å². The van der Waals surface area contributed by atoms with Crippen molar-refractivity contribution in [3.63, 3.8) is 0 Å². The minimum Gasteiger partial charge on any atom is -0.497 e. The third kappa shape index (κ3) is 5.85. The summed E-state index contributed by atoms with van der Waals surface area (Å²) in [6, 6.07) is 17.2. The molecule has 1 aliphatic heterocycles. The smallest absolute Gasteiger partial charge is 0.416 e. The number of fused-ring (bicyclic) bond motifs is 1. The third-order valence-electron chi connectivity index (χ3n) is 7.96. The van der Waals surface area contributed by atoms with Crippen molar-refractivity contribution in [3.8, 4) is 11.5 Å². The van der Waals surface area contributed by atoms with Gasteiger partial charge in [-0.1, -0.05) is 37.3 Å². The Hall–Kier alpha value is -4.14. The van der Waals surface area contributed by atoms with Crippen LogP contribution >= 0.6 is 0 Å². The summed E-state index contributed by atoms with van der Waals surface area (Å²) in [5.74, 6) is 0.995. The zero-order valence-corrected chi connectivity index (χ0v) is 23.4. The Kier molecular flexibility index (Phi) is 8.15. The summed E-state index contributed by atoms with van der Waals surface area (Å²) < 4.78 is 50.8. The van der Waals surface area contributed by atoms with Gasteiger partial charge in [0.25, 0.3) is 0 Å². The predicted octanol–water partition coefficient (Wildman–Crippen LogP) is 6.64. The predicted molar refractivity (Wildman–Crippen MR) is 154 cm³/mol. The van der Waals surface area contributed by atoms with E-state index in [4.69, 9.17) is 9.47 Å². The summed E-state index contributed by atoms with van der Waals surface area (Å²) in [6.45, 7) is 3.87. The van der Waals surface area contributed by atoms with Crippen LogP contribution in [0.3, 0.4) is 0 Å². The maximum absolute atomic E-state index is 13.8. The normalized spacial score (nSPS) is 14.8. The molecule has 1 atom stereocenters. The number of hydrogen-bond donors (Lipinski definition) is 1. The molecule has 9 heteroatoms. The van der Waals surface area contributed by atoms with Crippen LogP contribution in [0, 0.1) is 0 Å². The number of ether oxygens (including phenoxy) is 2. The average Bonchev–Trinajstić information content (AvgIpc) is 3.43. The zero-order valence-electron chi connectivity index (χ0n) is 23.4. The fourth-order valence-electron chi connectivity index (χ4n) is 5.71. The summed E-state index contributed by atoms with van der Waals surface area (Å²) in [6.07, 6.45) is -1.32. The minimum absolute atomic E-state index is 0.0161. The Balaban J connectivity index is 1.40. The number of alkyl halides is 3. The van der Waals surface area contributed by atoms with Gasteiger partial charge >= 0.3 is 6.18 Å². The number of aromatic amines is 1. The minimum atomic E-state index is -4.40. The van der Waals surface area contributed by atoms with E-state index >= 15 is 0 Å². The highest BCUT2D eigenvalue weighted by molar-refractivity contribution is 5.88. The fourth-order valence-corrected chi connectivity index (χ4v) is 5.71. The van der Waals surface area contributed by atoms with Crippen LogP contribution in [0.25, 0.3) is 10.9 Å². The number of hydrogen-bond acceptors (Lipinski definition) is 4. The molecule has 1 amide bonds. The molecule has 41 heavy (non-hydrogen) atoms. The van der Waals surface area contributed by atoms with Crippen molar-refractivity contribution in [2.45, 2.75) is 31.9 Å². The second kappa shape index (κ2) is 11.8. The number of carbonyl (C=O) groups excluding carboxylic acids is 1. The average molecular weight is 566 g/mol. The van der Waals surface area contributed by atoms with Gasteiger partial charge < -0.3 is 24.3 Å². The molecule has 5 rings (SSSR count). The molecule has 1 aliphatic rings. The highest BCUT2D eigenvalue weighted by Crippen LogP contribution is 2.40. The zero-order chi connectivity index (χ0) is 29.1. The molecule has 4 aromatic rings. The third-order valence-corrected chi connectivity index (χ3v) is 7.96. The number of benzene rings is 3. The summed E-state index contributed by atoms with van der Waals surface area (Å²) in [5.41, 5.74) is 3.99. The van der Waals surface area contributed by atoms with E-state index in [1.165, 1.54) is 17.7 Å². The lowest BCUT2D eigenvalue weighted by Crippen LogP contribution is -2.49. The van der Waals surface area contributed by atoms with E-state index in [0.29, 0.717) is 43.4 Å². The Morgan fingerprint density at radius 1 is 0.951 bits per heavy atom. The van der Waals surface area contributed by atoms with E-state index in [1.54, 1.807) is 25.2 Å². The molecule has 216 valence electrons. The first kappa shape index (κ1) is 28.4. The highest BCUT2D eigenvalue weighted by atomic mass is 19.4. The Morgan fingerprint density at radius 3 is 2.39 bits per heavy atom. The van der Waals surface area contributed by atoms with Crippen molar-refractivity contribution in [3.05, 3.63) is 89.1 Å². The number of anilines is 1. The van der Waals surface area contributed by atoms with Gasteiger partial charge in [0.15, 0.2) is 0 Å². The molecule has 1 saturated heterocycles. The molecule has 0 radical (unpaired) electrons. The number of rotatable bonds is 8. The quantitative estimate of drug-likeness (QED) is 0.260. The fraction of sp³-hybridized carbons (Fsp3) is 0.344. The number of nitrogens with one attached hydrogen (secondary N) is 1. The van der Waals surface area contributed by atoms with Gasteiger partial charge in [0, 0.05) is 72.9 Å². The number of carbonyl (C=O) groups is 1. The number of halogens is 3. The van der Waals surface area contributed by atoms with Crippen molar-refractivity contribution >= 4 is 22.5 Å². The summed E-state index contributed by atoms with van der Waals surface area (Å²) in [7, 11) is 3.20. The van der Waals surface area contributed by atoms with Gasteiger partial charge in [0.2, 0.25) is 5.91 Å². The standard InChI is InChI=1S/C32H34F3N3O3/c1-4-21-7-5-10-26-28(20-36-31(21)26)27(25-12-11-24(40-2)18-29(25)41-3)19-30(39)38-15-13-37(14-16-38)23-9-6-8-22(17-23)32(33,34)35/h5-12,17-18,20,27,36H,4,13-16,19H2,1-3H3. The van der Waals surface area contributed by atoms with Crippen molar-refractivity contribution in [1.82, 2.24) is 9.88 Å². The lowest BCUT2D eigenvalue weighted by Gasteiger charge is -2.37. The summed E-state index contributed by atoms with van der Waals surface area (Å²) in [4.78, 5) is 20.9. The number of para-hydroxylation sites is 1. The molecule has 0 aliphatic carbocycles. The van der Waals surface area contributed by atoms with Crippen LogP contribution in [-0.4, -0.2) is 56.2 Å². The van der Waals surface area contributed by atoms with Gasteiger partial charge in [-0.3, -0.25) is 4.79 Å². The molecule has 0 saturated carbocycles. The number of piperazine rings is 1. The Morgan fingerprint density at radius 2 is 1.71 bits per heavy atom. The number of nitrogens with zero attached hydrogens (tertiary/aromatic N) is 2.